The van der Waals surface area contributed by atoms with Crippen molar-refractivity contribution < 1.29 is 4.79 Å². The van der Waals surface area contributed by atoms with Gasteiger partial charge in [0.25, 0.3) is 0 Å². The second-order valence-corrected chi connectivity index (χ2v) is 5.78. The summed E-state index contributed by atoms with van der Waals surface area (Å²) in [6.07, 6.45) is 6.16. The highest BCUT2D eigenvalue weighted by Gasteiger charge is 2.25. The van der Waals surface area contributed by atoms with E-state index in [9.17, 15) is 4.79 Å². The van der Waals surface area contributed by atoms with Gasteiger partial charge in [-0.2, -0.15) is 5.10 Å². The molecular formula is C16H22N6O. The van der Waals surface area contributed by atoms with E-state index in [1.54, 1.807) is 12.4 Å². The molecule has 3 rings (SSSR count). The number of hydrogen-bond acceptors (Lipinski definition) is 4. The summed E-state index contributed by atoms with van der Waals surface area (Å²) in [6, 6.07) is 3.43. The van der Waals surface area contributed by atoms with Gasteiger partial charge in [0.05, 0.1) is 12.1 Å². The summed E-state index contributed by atoms with van der Waals surface area (Å²) in [5, 5.41) is 10.4. The molecule has 2 amide bonds. The van der Waals surface area contributed by atoms with Crippen LogP contribution in [0.3, 0.4) is 0 Å². The number of pyridine rings is 1. The van der Waals surface area contributed by atoms with Crippen LogP contribution >= 0.6 is 0 Å². The molecule has 0 unspecified atom stereocenters. The normalized spacial score (nSPS) is 18.1. The molecule has 0 saturated heterocycles. The summed E-state index contributed by atoms with van der Waals surface area (Å²) in [7, 11) is 0. The van der Waals surface area contributed by atoms with E-state index in [1.807, 2.05) is 30.7 Å². The van der Waals surface area contributed by atoms with Crippen molar-refractivity contribution in [3.63, 3.8) is 0 Å². The first-order valence-electron chi connectivity index (χ1n) is 8.08. The van der Waals surface area contributed by atoms with Gasteiger partial charge < -0.3 is 10.6 Å². The molecule has 122 valence electrons. The Labute approximate surface area is 135 Å². The summed E-state index contributed by atoms with van der Waals surface area (Å²) >= 11 is 0. The molecule has 7 nitrogen and oxygen atoms in total. The zero-order valence-electron chi connectivity index (χ0n) is 13.5. The van der Waals surface area contributed by atoms with Gasteiger partial charge in [0.2, 0.25) is 0 Å². The average molecular weight is 314 g/mol. The molecule has 1 aliphatic rings. The smallest absolute Gasteiger partial charge is 0.315 e. The predicted molar refractivity (Wildman–Crippen MR) is 85.7 cm³/mol. The first-order chi connectivity index (χ1) is 11.2. The van der Waals surface area contributed by atoms with E-state index >= 15 is 0 Å². The summed E-state index contributed by atoms with van der Waals surface area (Å²) in [5.41, 5.74) is 0.975. The quantitative estimate of drug-likeness (QED) is 0.905. The van der Waals surface area contributed by atoms with E-state index in [-0.39, 0.29) is 18.1 Å². The number of carbonyl (C=O) groups excluding carboxylic acids is 1. The maximum absolute atomic E-state index is 12.3. The Morgan fingerprint density at radius 3 is 3.13 bits per heavy atom. The third kappa shape index (κ3) is 3.49. The van der Waals surface area contributed by atoms with Crippen molar-refractivity contribution in [2.75, 3.05) is 0 Å². The van der Waals surface area contributed by atoms with Crippen LogP contribution in [0.25, 0.3) is 0 Å². The third-order valence-corrected chi connectivity index (χ3v) is 4.07. The number of fused-ring (bicyclic) bond motifs is 1. The van der Waals surface area contributed by atoms with Gasteiger partial charge in [-0.15, -0.1) is 0 Å². The SMILES string of the molecule is CCc1nc2n(n1)CCC[C@H]2NC(=O)N[C@H](C)c1cccnc1. The summed E-state index contributed by atoms with van der Waals surface area (Å²) < 4.78 is 1.91. The van der Waals surface area contributed by atoms with Crippen LogP contribution in [0.1, 0.15) is 56.0 Å². The highest BCUT2D eigenvalue weighted by molar-refractivity contribution is 5.74. The first kappa shape index (κ1) is 15.5. The topological polar surface area (TPSA) is 84.7 Å². The van der Waals surface area contributed by atoms with E-state index in [2.05, 4.69) is 25.7 Å². The second-order valence-electron chi connectivity index (χ2n) is 5.78. The molecule has 0 saturated carbocycles. The predicted octanol–water partition coefficient (Wildman–Crippen LogP) is 2.13. The molecule has 2 aromatic heterocycles. The van der Waals surface area contributed by atoms with Crippen LogP contribution < -0.4 is 10.6 Å². The fraction of sp³-hybridized carbons (Fsp3) is 0.500. The van der Waals surface area contributed by atoms with Crippen LogP contribution in [0.15, 0.2) is 24.5 Å². The molecule has 0 spiro atoms. The lowest BCUT2D eigenvalue weighted by atomic mass is 10.1. The number of rotatable bonds is 4. The van der Waals surface area contributed by atoms with E-state index in [0.717, 1.165) is 43.0 Å². The number of hydrogen-bond donors (Lipinski definition) is 2. The maximum atomic E-state index is 12.3. The molecule has 0 bridgehead atoms. The molecular weight excluding hydrogens is 292 g/mol. The van der Waals surface area contributed by atoms with Gasteiger partial charge in [0.1, 0.15) is 5.82 Å². The molecule has 0 fully saturated rings. The molecule has 3 heterocycles. The third-order valence-electron chi connectivity index (χ3n) is 4.07. The van der Waals surface area contributed by atoms with Crippen LogP contribution in [0.4, 0.5) is 4.79 Å². The van der Waals surface area contributed by atoms with Crippen molar-refractivity contribution in [2.45, 2.75) is 51.7 Å². The van der Waals surface area contributed by atoms with Crippen LogP contribution in [-0.2, 0) is 13.0 Å². The minimum absolute atomic E-state index is 0.0855. The summed E-state index contributed by atoms with van der Waals surface area (Å²) in [4.78, 5) is 20.9. The van der Waals surface area contributed by atoms with Gasteiger partial charge in [0, 0.05) is 25.4 Å². The Morgan fingerprint density at radius 2 is 2.39 bits per heavy atom. The Balaban J connectivity index is 1.64. The van der Waals surface area contributed by atoms with E-state index < -0.39 is 0 Å². The van der Waals surface area contributed by atoms with Gasteiger partial charge >= 0.3 is 6.03 Å². The lowest BCUT2D eigenvalue weighted by molar-refractivity contribution is 0.229. The van der Waals surface area contributed by atoms with Crippen LogP contribution in [0.5, 0.6) is 0 Å². The van der Waals surface area contributed by atoms with Gasteiger partial charge in [0.15, 0.2) is 5.82 Å². The number of nitrogens with zero attached hydrogens (tertiary/aromatic N) is 4. The summed E-state index contributed by atoms with van der Waals surface area (Å²) in [5.74, 6) is 1.69. The Morgan fingerprint density at radius 1 is 1.52 bits per heavy atom. The van der Waals surface area contributed by atoms with Gasteiger partial charge in [-0.1, -0.05) is 13.0 Å². The molecule has 7 heteroatoms. The molecule has 0 aromatic carbocycles. The summed E-state index contributed by atoms with van der Waals surface area (Å²) in [6.45, 7) is 4.84. The van der Waals surface area contributed by atoms with Crippen molar-refractivity contribution in [1.29, 1.82) is 0 Å². The van der Waals surface area contributed by atoms with E-state index in [0.29, 0.717) is 0 Å². The van der Waals surface area contributed by atoms with Gasteiger partial charge in [-0.25, -0.2) is 14.5 Å². The number of carbonyl (C=O) groups is 1. The van der Waals surface area contributed by atoms with Gasteiger partial charge in [-0.3, -0.25) is 4.98 Å². The first-order valence-corrected chi connectivity index (χ1v) is 8.08. The fourth-order valence-corrected chi connectivity index (χ4v) is 2.80. The minimum Gasteiger partial charge on any atom is -0.332 e. The van der Waals surface area contributed by atoms with Crippen molar-refractivity contribution in [1.82, 2.24) is 30.4 Å². The molecule has 2 aromatic rings. The van der Waals surface area contributed by atoms with Crippen molar-refractivity contribution in [3.05, 3.63) is 41.7 Å². The standard InChI is InChI=1S/C16H22N6O/c1-3-14-20-15-13(7-5-9-22(15)21-14)19-16(23)18-11(2)12-6-4-8-17-10-12/h4,6,8,10-11,13H,3,5,7,9H2,1-2H3,(H2,18,19,23)/t11-,13-/m1/s1. The van der Waals surface area contributed by atoms with Gasteiger partial charge in [-0.05, 0) is 31.4 Å². The molecule has 2 atom stereocenters. The number of aryl methyl sites for hydroxylation is 2. The Hall–Kier alpha value is -2.44. The molecule has 1 aliphatic heterocycles. The largest absolute Gasteiger partial charge is 0.332 e. The second kappa shape index (κ2) is 6.76. The van der Waals surface area contributed by atoms with Crippen LogP contribution in [0, 0.1) is 0 Å². The van der Waals surface area contributed by atoms with E-state index in [4.69, 9.17) is 0 Å². The van der Waals surface area contributed by atoms with Crippen molar-refractivity contribution in [2.24, 2.45) is 0 Å². The highest BCUT2D eigenvalue weighted by atomic mass is 16.2. The highest BCUT2D eigenvalue weighted by Crippen LogP contribution is 2.23. The van der Waals surface area contributed by atoms with Crippen LogP contribution in [-0.4, -0.2) is 25.8 Å². The molecule has 23 heavy (non-hydrogen) atoms. The maximum Gasteiger partial charge on any atom is 0.315 e. The molecule has 2 N–H and O–H groups in total. The molecule has 0 aliphatic carbocycles. The van der Waals surface area contributed by atoms with E-state index in [1.165, 1.54) is 0 Å². The zero-order chi connectivity index (χ0) is 16.2. The number of urea groups is 1. The lowest BCUT2D eigenvalue weighted by Crippen LogP contribution is -2.41. The average Bonchev–Trinajstić information content (AvgIpc) is 3.00. The van der Waals surface area contributed by atoms with Crippen LogP contribution in [0.2, 0.25) is 0 Å². The zero-order valence-corrected chi connectivity index (χ0v) is 13.5. The lowest BCUT2D eigenvalue weighted by Gasteiger charge is -2.24. The minimum atomic E-state index is -0.194. The van der Waals surface area contributed by atoms with Crippen molar-refractivity contribution in [3.8, 4) is 0 Å². The molecule has 0 radical (unpaired) electrons. The van der Waals surface area contributed by atoms with Crippen molar-refractivity contribution >= 4 is 6.03 Å². The fourth-order valence-electron chi connectivity index (χ4n) is 2.80. The number of nitrogens with one attached hydrogen (secondary N) is 2. The Kier molecular flexibility index (Phi) is 4.55. The Bertz CT molecular complexity index is 668. The number of amides is 2. The number of aromatic nitrogens is 4. The monoisotopic (exact) mass is 314 g/mol.